The van der Waals surface area contributed by atoms with Crippen molar-refractivity contribution in [1.29, 1.82) is 0 Å². The van der Waals surface area contributed by atoms with Crippen molar-refractivity contribution in [3.8, 4) is 0 Å². The van der Waals surface area contributed by atoms with Crippen molar-refractivity contribution in [2.24, 2.45) is 0 Å². The Kier molecular flexibility index (Phi) is 7.90. The minimum Gasteiger partial charge on any atom is -0.352 e. The van der Waals surface area contributed by atoms with Crippen LogP contribution in [0, 0.1) is 0 Å². The summed E-state index contributed by atoms with van der Waals surface area (Å²) in [6.45, 7) is 0.204. The van der Waals surface area contributed by atoms with E-state index >= 15 is 0 Å². The van der Waals surface area contributed by atoms with Gasteiger partial charge in [0.25, 0.3) is 5.91 Å². The number of benzene rings is 1. The zero-order chi connectivity index (χ0) is 18.9. The van der Waals surface area contributed by atoms with Gasteiger partial charge >= 0.3 is 0 Å². The minimum absolute atomic E-state index is 0.163. The molecule has 0 radical (unpaired) electrons. The van der Waals surface area contributed by atoms with Gasteiger partial charge in [0.05, 0.1) is 17.3 Å². The maximum atomic E-state index is 11.8. The molecule has 1 aromatic heterocycles. The number of hydrogen-bond donors (Lipinski definition) is 3. The molecule has 2 aromatic rings. The zero-order valence-corrected chi connectivity index (χ0v) is 16.0. The Morgan fingerprint density at radius 3 is 2.58 bits per heavy atom. The van der Waals surface area contributed by atoms with Crippen molar-refractivity contribution < 1.29 is 14.4 Å². The van der Waals surface area contributed by atoms with Crippen LogP contribution in [-0.4, -0.2) is 30.8 Å². The molecule has 0 spiro atoms. The summed E-state index contributed by atoms with van der Waals surface area (Å²) in [7, 11) is 0. The van der Waals surface area contributed by atoms with Crippen LogP contribution in [-0.2, 0) is 9.59 Å². The molecule has 0 unspecified atom stereocenters. The summed E-state index contributed by atoms with van der Waals surface area (Å²) in [4.78, 5) is 35.3. The molecule has 6 nitrogen and oxygen atoms in total. The molecule has 1 heterocycles. The third-order valence-corrected chi connectivity index (χ3v) is 4.55. The Morgan fingerprint density at radius 2 is 1.85 bits per heavy atom. The Bertz CT molecular complexity index is 782. The molecule has 9 heteroatoms. The second-order valence-electron chi connectivity index (χ2n) is 5.32. The molecule has 0 saturated carbocycles. The second-order valence-corrected chi connectivity index (χ2v) is 6.94. The number of carbonyl (C=O) groups is 3. The summed E-state index contributed by atoms with van der Waals surface area (Å²) in [5.41, 5.74) is 0.991. The van der Waals surface area contributed by atoms with Crippen molar-refractivity contribution in [2.75, 3.05) is 18.4 Å². The normalized spacial score (nSPS) is 10.2. The first-order valence-electron chi connectivity index (χ1n) is 7.77. The van der Waals surface area contributed by atoms with Gasteiger partial charge in [-0.2, -0.15) is 11.3 Å². The summed E-state index contributed by atoms with van der Waals surface area (Å²) in [6.07, 6.45) is 0.679. The van der Waals surface area contributed by atoms with Gasteiger partial charge in [0, 0.05) is 28.9 Å². The Hall–Kier alpha value is -2.09. The first-order valence-corrected chi connectivity index (χ1v) is 9.47. The topological polar surface area (TPSA) is 87.3 Å². The average Bonchev–Trinajstić information content (AvgIpc) is 3.14. The molecule has 0 atom stereocenters. The van der Waals surface area contributed by atoms with Gasteiger partial charge in [0.2, 0.25) is 11.8 Å². The van der Waals surface area contributed by atoms with Crippen molar-refractivity contribution in [3.63, 3.8) is 0 Å². The third-order valence-electron chi connectivity index (χ3n) is 3.30. The molecule has 3 N–H and O–H groups in total. The number of anilines is 1. The van der Waals surface area contributed by atoms with Crippen LogP contribution >= 0.6 is 34.5 Å². The van der Waals surface area contributed by atoms with Crippen LogP contribution in [0.2, 0.25) is 10.0 Å². The highest BCUT2D eigenvalue weighted by Gasteiger charge is 2.09. The van der Waals surface area contributed by atoms with Crippen LogP contribution in [0.5, 0.6) is 0 Å². The van der Waals surface area contributed by atoms with Gasteiger partial charge < -0.3 is 16.0 Å². The Morgan fingerprint density at radius 1 is 1.04 bits per heavy atom. The van der Waals surface area contributed by atoms with E-state index in [0.29, 0.717) is 34.3 Å². The summed E-state index contributed by atoms with van der Waals surface area (Å²) < 4.78 is 0. The van der Waals surface area contributed by atoms with E-state index in [0.717, 1.165) is 0 Å². The molecule has 26 heavy (non-hydrogen) atoms. The van der Waals surface area contributed by atoms with E-state index in [4.69, 9.17) is 23.2 Å². The van der Waals surface area contributed by atoms with Crippen LogP contribution in [0.15, 0.2) is 35.0 Å². The first-order chi connectivity index (χ1) is 12.5. The van der Waals surface area contributed by atoms with Gasteiger partial charge in [0.1, 0.15) is 0 Å². The summed E-state index contributed by atoms with van der Waals surface area (Å²) in [5, 5.41) is 12.2. The van der Waals surface area contributed by atoms with Crippen molar-refractivity contribution >= 4 is 57.9 Å². The highest BCUT2D eigenvalue weighted by atomic mass is 35.5. The molecule has 138 valence electrons. The molecule has 0 bridgehead atoms. The van der Waals surface area contributed by atoms with Crippen LogP contribution in [0.4, 0.5) is 5.69 Å². The highest BCUT2D eigenvalue weighted by Crippen LogP contribution is 2.25. The van der Waals surface area contributed by atoms with Gasteiger partial charge in [-0.1, -0.05) is 23.2 Å². The fourth-order valence-corrected chi connectivity index (χ4v) is 2.97. The van der Waals surface area contributed by atoms with Gasteiger partial charge in [-0.3, -0.25) is 14.4 Å². The van der Waals surface area contributed by atoms with Gasteiger partial charge in [-0.15, -0.1) is 0 Å². The van der Waals surface area contributed by atoms with E-state index in [1.54, 1.807) is 23.6 Å². The first kappa shape index (κ1) is 20.2. The van der Waals surface area contributed by atoms with E-state index in [-0.39, 0.29) is 24.8 Å². The lowest BCUT2D eigenvalue weighted by Gasteiger charge is -2.09. The number of nitrogens with one attached hydrogen (secondary N) is 3. The number of hydrogen-bond acceptors (Lipinski definition) is 4. The lowest BCUT2D eigenvalue weighted by atomic mass is 10.2. The van der Waals surface area contributed by atoms with Crippen LogP contribution in [0.25, 0.3) is 0 Å². The maximum absolute atomic E-state index is 11.8. The molecule has 1 aromatic carbocycles. The Balaban J connectivity index is 1.63. The summed E-state index contributed by atoms with van der Waals surface area (Å²) in [6, 6.07) is 6.44. The predicted molar refractivity (Wildman–Crippen MR) is 104 cm³/mol. The van der Waals surface area contributed by atoms with Crippen LogP contribution in [0.3, 0.4) is 0 Å². The zero-order valence-electron chi connectivity index (χ0n) is 13.7. The maximum Gasteiger partial charge on any atom is 0.252 e. The molecule has 0 aliphatic rings. The SMILES string of the molecule is O=C(CCCNC(=O)c1ccsc1)NCC(=O)Nc1cc(Cl)ccc1Cl. The fraction of sp³-hybridized carbons (Fsp3) is 0.235. The molecule has 3 amide bonds. The van der Waals surface area contributed by atoms with Gasteiger partial charge in [-0.25, -0.2) is 0 Å². The van der Waals surface area contributed by atoms with Crippen molar-refractivity contribution in [2.45, 2.75) is 12.8 Å². The van der Waals surface area contributed by atoms with Crippen molar-refractivity contribution in [1.82, 2.24) is 10.6 Å². The summed E-state index contributed by atoms with van der Waals surface area (Å²) in [5.74, 6) is -0.847. The van der Waals surface area contributed by atoms with Crippen LogP contribution in [0.1, 0.15) is 23.2 Å². The molecular formula is C17H17Cl2N3O3S. The fourth-order valence-electron chi connectivity index (χ4n) is 2.00. The smallest absolute Gasteiger partial charge is 0.252 e. The Labute approximate surface area is 164 Å². The van der Waals surface area contributed by atoms with E-state index in [1.165, 1.54) is 17.4 Å². The molecule has 0 fully saturated rings. The summed E-state index contributed by atoms with van der Waals surface area (Å²) >= 11 is 13.2. The number of halogens is 2. The highest BCUT2D eigenvalue weighted by molar-refractivity contribution is 7.08. The number of thiophene rings is 1. The van der Waals surface area contributed by atoms with Crippen LogP contribution < -0.4 is 16.0 Å². The number of carbonyl (C=O) groups excluding carboxylic acids is 3. The molecule has 0 aliphatic carbocycles. The number of rotatable bonds is 8. The lowest BCUT2D eigenvalue weighted by molar-refractivity contribution is -0.124. The van der Waals surface area contributed by atoms with E-state index < -0.39 is 5.91 Å². The largest absolute Gasteiger partial charge is 0.352 e. The lowest BCUT2D eigenvalue weighted by Crippen LogP contribution is -2.33. The van der Waals surface area contributed by atoms with Gasteiger partial charge in [0.15, 0.2) is 0 Å². The average molecular weight is 414 g/mol. The molecule has 0 saturated heterocycles. The number of amides is 3. The van der Waals surface area contributed by atoms with E-state index in [2.05, 4.69) is 16.0 Å². The minimum atomic E-state index is -0.409. The molecule has 2 rings (SSSR count). The van der Waals surface area contributed by atoms with E-state index in [1.807, 2.05) is 5.38 Å². The quantitative estimate of drug-likeness (QED) is 0.580. The third kappa shape index (κ3) is 6.67. The van der Waals surface area contributed by atoms with Gasteiger partial charge in [-0.05, 0) is 36.1 Å². The molecular weight excluding hydrogens is 397 g/mol. The van der Waals surface area contributed by atoms with E-state index in [9.17, 15) is 14.4 Å². The molecule has 0 aliphatic heterocycles. The monoisotopic (exact) mass is 413 g/mol. The van der Waals surface area contributed by atoms with Crippen molar-refractivity contribution in [3.05, 3.63) is 50.6 Å². The standard InChI is InChI=1S/C17H17Cl2N3O3S/c18-12-3-4-13(19)14(8-12)22-16(24)9-21-15(23)2-1-6-20-17(25)11-5-7-26-10-11/h3-5,7-8,10H,1-2,6,9H2,(H,20,25)(H,21,23)(H,22,24). The predicted octanol–water partition coefficient (Wildman–Crippen LogP) is 3.32. The second kappa shape index (κ2) is 10.2.